The molecule has 0 N–H and O–H groups in total. The zero-order valence-electron chi connectivity index (χ0n) is 17.2. The van der Waals surface area contributed by atoms with Crippen molar-refractivity contribution in [1.29, 1.82) is 0 Å². The van der Waals surface area contributed by atoms with E-state index in [1.165, 1.54) is 0 Å². The van der Waals surface area contributed by atoms with E-state index in [4.69, 9.17) is 26.2 Å². The van der Waals surface area contributed by atoms with Crippen LogP contribution < -0.4 is 9.47 Å². The van der Waals surface area contributed by atoms with Crippen LogP contribution >= 0.6 is 11.6 Å². The fraction of sp³-hybridized carbons (Fsp3) is 0.619. The molecule has 2 aliphatic rings. The van der Waals surface area contributed by atoms with E-state index in [1.807, 2.05) is 32.0 Å². The van der Waals surface area contributed by atoms with Crippen molar-refractivity contribution >= 4 is 23.2 Å². The lowest BCUT2D eigenvalue weighted by Crippen LogP contribution is -2.47. The minimum atomic E-state index is -0.632. The van der Waals surface area contributed by atoms with Crippen molar-refractivity contribution < 1.29 is 14.3 Å². The van der Waals surface area contributed by atoms with Gasteiger partial charge in [-0.2, -0.15) is 5.10 Å². The molecule has 1 amide bonds. The molecule has 0 aliphatic carbocycles. The average molecular weight is 408 g/mol. The number of carbonyl (C=O) groups is 1. The molecule has 0 saturated carbocycles. The second kappa shape index (κ2) is 8.70. The fourth-order valence-electron chi connectivity index (χ4n) is 4.05. The summed E-state index contributed by atoms with van der Waals surface area (Å²) in [5.41, 5.74) is 1.08. The Kier molecular flexibility index (Phi) is 6.50. The number of piperidine rings is 1. The third-order valence-electron chi connectivity index (χ3n) is 6.08. The number of hydrogen-bond donors (Lipinski definition) is 0. The average Bonchev–Trinajstić information content (AvgIpc) is 3.00. The van der Waals surface area contributed by atoms with Crippen molar-refractivity contribution in [2.24, 2.45) is 10.5 Å². The zero-order chi connectivity index (χ0) is 20.3. The molecule has 6 nitrogen and oxygen atoms in total. The predicted molar refractivity (Wildman–Crippen MR) is 112 cm³/mol. The minimum Gasteiger partial charge on any atom is -0.493 e. The fourth-order valence-corrected chi connectivity index (χ4v) is 4.29. The summed E-state index contributed by atoms with van der Waals surface area (Å²) in [5.74, 6) is 2.04. The van der Waals surface area contributed by atoms with Gasteiger partial charge in [0.2, 0.25) is 0 Å². The van der Waals surface area contributed by atoms with Crippen molar-refractivity contribution in [2.75, 3.05) is 39.7 Å². The lowest BCUT2D eigenvalue weighted by Gasteiger charge is -2.35. The molecule has 0 spiro atoms. The van der Waals surface area contributed by atoms with Crippen LogP contribution in [-0.4, -0.2) is 67.3 Å². The highest BCUT2D eigenvalue weighted by molar-refractivity contribution is 6.19. The highest BCUT2D eigenvalue weighted by Gasteiger charge is 2.48. The number of nitrogens with zero attached hydrogens (tertiary/aromatic N) is 3. The number of benzene rings is 1. The third-order valence-corrected chi connectivity index (χ3v) is 6.25. The molecule has 1 unspecified atom stereocenters. The number of ether oxygens (including phenoxy) is 2. The van der Waals surface area contributed by atoms with Crippen molar-refractivity contribution in [3.63, 3.8) is 0 Å². The molecule has 0 aromatic heterocycles. The SMILES string of the molecule is CCC1(C)C(=O)N(C2CCN(CCCl)CC2)N=C1c1ccc(OC)c(OC)c1. The van der Waals surface area contributed by atoms with Gasteiger partial charge in [0, 0.05) is 31.1 Å². The Balaban J connectivity index is 1.89. The molecule has 1 aromatic carbocycles. The zero-order valence-corrected chi connectivity index (χ0v) is 18.0. The van der Waals surface area contributed by atoms with E-state index in [9.17, 15) is 4.79 Å². The first kappa shape index (κ1) is 20.9. The molecule has 1 atom stereocenters. The maximum atomic E-state index is 13.3. The summed E-state index contributed by atoms with van der Waals surface area (Å²) in [6.07, 6.45) is 2.54. The van der Waals surface area contributed by atoms with E-state index in [0.717, 1.165) is 43.8 Å². The van der Waals surface area contributed by atoms with Gasteiger partial charge in [0.1, 0.15) is 0 Å². The summed E-state index contributed by atoms with van der Waals surface area (Å²) < 4.78 is 10.8. The summed E-state index contributed by atoms with van der Waals surface area (Å²) in [5, 5.41) is 6.59. The summed E-state index contributed by atoms with van der Waals surface area (Å²) in [7, 11) is 3.23. The number of methoxy groups -OCH3 is 2. The lowest BCUT2D eigenvalue weighted by molar-refractivity contribution is -0.138. The summed E-state index contributed by atoms with van der Waals surface area (Å²) >= 11 is 5.86. The van der Waals surface area contributed by atoms with Crippen LogP contribution in [-0.2, 0) is 4.79 Å². The molecule has 1 fully saturated rings. The topological polar surface area (TPSA) is 54.4 Å². The van der Waals surface area contributed by atoms with Crippen molar-refractivity contribution in [2.45, 2.75) is 39.2 Å². The lowest BCUT2D eigenvalue weighted by atomic mass is 9.79. The number of alkyl halides is 1. The molecule has 1 aromatic rings. The maximum Gasteiger partial charge on any atom is 0.254 e. The van der Waals surface area contributed by atoms with Gasteiger partial charge in [0.15, 0.2) is 11.5 Å². The van der Waals surface area contributed by atoms with Gasteiger partial charge in [-0.15, -0.1) is 11.6 Å². The van der Waals surface area contributed by atoms with Gasteiger partial charge in [0.05, 0.1) is 31.4 Å². The summed E-state index contributed by atoms with van der Waals surface area (Å²) in [6, 6.07) is 5.87. The van der Waals surface area contributed by atoms with Crippen LogP contribution in [0.1, 0.15) is 38.7 Å². The first-order chi connectivity index (χ1) is 13.5. The smallest absolute Gasteiger partial charge is 0.254 e. The van der Waals surface area contributed by atoms with Gasteiger partial charge in [-0.3, -0.25) is 4.79 Å². The standard InChI is InChI=1S/C21H30ClN3O3/c1-5-21(2)19(15-6-7-17(27-3)18(14-15)28-4)23-25(20(21)26)16-8-11-24(12-9-16)13-10-22/h6-7,14,16H,5,8-13H2,1-4H3. The van der Waals surface area contributed by atoms with Gasteiger partial charge >= 0.3 is 0 Å². The van der Waals surface area contributed by atoms with Gasteiger partial charge in [-0.05, 0) is 44.4 Å². The molecule has 2 heterocycles. The maximum absolute atomic E-state index is 13.3. The molecule has 28 heavy (non-hydrogen) atoms. The Morgan fingerprint density at radius 2 is 1.89 bits per heavy atom. The van der Waals surface area contributed by atoms with Gasteiger partial charge in [-0.25, -0.2) is 5.01 Å². The van der Waals surface area contributed by atoms with E-state index in [0.29, 0.717) is 23.8 Å². The van der Waals surface area contributed by atoms with Gasteiger partial charge < -0.3 is 14.4 Å². The van der Waals surface area contributed by atoms with Crippen LogP contribution in [0.2, 0.25) is 0 Å². The summed E-state index contributed by atoms with van der Waals surface area (Å²) in [4.78, 5) is 15.7. The normalized spacial score (nSPS) is 23.8. The highest BCUT2D eigenvalue weighted by atomic mass is 35.5. The van der Waals surface area contributed by atoms with Crippen molar-refractivity contribution in [1.82, 2.24) is 9.91 Å². The number of halogens is 1. The predicted octanol–water partition coefficient (Wildman–Crippen LogP) is 3.37. The van der Waals surface area contributed by atoms with Gasteiger partial charge in [-0.1, -0.05) is 6.92 Å². The number of carbonyl (C=O) groups excluding carboxylic acids is 1. The van der Waals surface area contributed by atoms with Crippen LogP contribution in [0.3, 0.4) is 0 Å². The van der Waals surface area contributed by atoms with Crippen molar-refractivity contribution in [3.8, 4) is 11.5 Å². The van der Waals surface area contributed by atoms with Crippen LogP contribution in [0, 0.1) is 5.41 Å². The molecule has 3 rings (SSSR count). The van der Waals surface area contributed by atoms with Crippen LogP contribution in [0.4, 0.5) is 0 Å². The molecule has 0 radical (unpaired) electrons. The van der Waals surface area contributed by atoms with E-state index < -0.39 is 5.41 Å². The number of hydrazone groups is 1. The number of hydrogen-bond acceptors (Lipinski definition) is 5. The monoisotopic (exact) mass is 407 g/mol. The molecule has 1 saturated heterocycles. The second-order valence-corrected chi connectivity index (χ2v) is 7.99. The Labute approximate surface area is 172 Å². The van der Waals surface area contributed by atoms with E-state index in [2.05, 4.69) is 4.90 Å². The van der Waals surface area contributed by atoms with E-state index >= 15 is 0 Å². The molecule has 7 heteroatoms. The summed E-state index contributed by atoms with van der Waals surface area (Å²) in [6.45, 7) is 6.83. The minimum absolute atomic E-state index is 0.0931. The number of likely N-dealkylation sites (tertiary alicyclic amines) is 1. The molecule has 2 aliphatic heterocycles. The molecule has 0 bridgehead atoms. The first-order valence-electron chi connectivity index (χ1n) is 9.92. The van der Waals surface area contributed by atoms with Crippen LogP contribution in [0.5, 0.6) is 11.5 Å². The molecular formula is C21H30ClN3O3. The number of rotatable bonds is 7. The Morgan fingerprint density at radius 3 is 2.46 bits per heavy atom. The van der Waals surface area contributed by atoms with E-state index in [1.54, 1.807) is 19.2 Å². The Morgan fingerprint density at radius 1 is 1.21 bits per heavy atom. The Hall–Kier alpha value is -1.79. The van der Waals surface area contributed by atoms with Crippen LogP contribution in [0.15, 0.2) is 23.3 Å². The quantitative estimate of drug-likeness (QED) is 0.650. The molecular weight excluding hydrogens is 378 g/mol. The largest absolute Gasteiger partial charge is 0.493 e. The van der Waals surface area contributed by atoms with Crippen LogP contribution in [0.25, 0.3) is 0 Å². The van der Waals surface area contributed by atoms with E-state index in [-0.39, 0.29) is 11.9 Å². The second-order valence-electron chi connectivity index (χ2n) is 7.62. The molecule has 154 valence electrons. The Bertz CT molecular complexity index is 746. The van der Waals surface area contributed by atoms with Crippen molar-refractivity contribution in [3.05, 3.63) is 23.8 Å². The van der Waals surface area contributed by atoms with Gasteiger partial charge in [0.25, 0.3) is 5.91 Å². The third kappa shape index (κ3) is 3.72. The first-order valence-corrected chi connectivity index (χ1v) is 10.4. The number of amides is 1. The highest BCUT2D eigenvalue weighted by Crippen LogP contribution is 2.39.